The first kappa shape index (κ1) is 17.4. The molecule has 1 heterocycles. The summed E-state index contributed by atoms with van der Waals surface area (Å²) in [6.07, 6.45) is -0.0915. The second-order valence-electron chi connectivity index (χ2n) is 5.58. The number of carbonyl (C=O) groups is 1. The Balaban J connectivity index is 2.33. The van der Waals surface area contributed by atoms with Crippen molar-refractivity contribution in [2.24, 2.45) is 5.92 Å². The second-order valence-corrected chi connectivity index (χ2v) is 5.58. The van der Waals surface area contributed by atoms with Gasteiger partial charge in [0.2, 0.25) is 5.91 Å². The fraction of sp³-hybridized carbons (Fsp3) is 0.929. The van der Waals surface area contributed by atoms with Gasteiger partial charge in [0.15, 0.2) is 6.29 Å². The number of amides is 1. The van der Waals surface area contributed by atoms with Gasteiger partial charge in [-0.05, 0) is 13.8 Å². The van der Waals surface area contributed by atoms with Crippen molar-refractivity contribution in [3.63, 3.8) is 0 Å². The van der Waals surface area contributed by atoms with Crippen LogP contribution in [0.1, 0.15) is 34.1 Å². The van der Waals surface area contributed by atoms with Crippen molar-refractivity contribution >= 4 is 5.91 Å². The van der Waals surface area contributed by atoms with Gasteiger partial charge in [-0.1, -0.05) is 13.8 Å². The summed E-state index contributed by atoms with van der Waals surface area (Å²) in [7, 11) is 0. The third kappa shape index (κ3) is 5.75. The van der Waals surface area contributed by atoms with Gasteiger partial charge >= 0.3 is 0 Å². The largest absolute Gasteiger partial charge is 0.394 e. The topological polar surface area (TPSA) is 77.0 Å². The molecule has 3 atom stereocenters. The Bertz CT molecular complexity index is 295. The van der Waals surface area contributed by atoms with Crippen LogP contribution in [-0.2, 0) is 19.0 Å². The lowest BCUT2D eigenvalue weighted by Crippen LogP contribution is -2.43. The molecule has 3 unspecified atom stereocenters. The van der Waals surface area contributed by atoms with E-state index in [-0.39, 0.29) is 30.6 Å². The van der Waals surface area contributed by atoms with Crippen molar-refractivity contribution in [1.82, 2.24) is 5.32 Å². The van der Waals surface area contributed by atoms with Crippen LogP contribution in [0.4, 0.5) is 0 Å². The zero-order valence-electron chi connectivity index (χ0n) is 12.8. The first-order chi connectivity index (χ1) is 9.43. The summed E-state index contributed by atoms with van der Waals surface area (Å²) < 4.78 is 16.5. The molecule has 0 radical (unpaired) electrons. The first-order valence-corrected chi connectivity index (χ1v) is 7.24. The zero-order chi connectivity index (χ0) is 15.1. The molecular weight excluding hydrogens is 262 g/mol. The fourth-order valence-corrected chi connectivity index (χ4v) is 1.95. The van der Waals surface area contributed by atoms with E-state index in [1.54, 1.807) is 0 Å². The molecule has 1 aliphatic rings. The number of hydrogen-bond donors (Lipinski definition) is 2. The third-order valence-electron chi connectivity index (χ3n) is 3.09. The Labute approximate surface area is 120 Å². The lowest BCUT2D eigenvalue weighted by molar-refractivity contribution is -0.150. The molecule has 0 aromatic heterocycles. The number of aliphatic hydroxyl groups excluding tert-OH is 1. The van der Waals surface area contributed by atoms with Gasteiger partial charge in [-0.15, -0.1) is 0 Å². The molecule has 0 spiro atoms. The van der Waals surface area contributed by atoms with E-state index in [4.69, 9.17) is 14.2 Å². The summed E-state index contributed by atoms with van der Waals surface area (Å²) in [5.41, 5.74) is 0. The van der Waals surface area contributed by atoms with Crippen molar-refractivity contribution < 1.29 is 24.1 Å². The molecule has 20 heavy (non-hydrogen) atoms. The van der Waals surface area contributed by atoms with E-state index in [1.807, 2.05) is 27.7 Å². The van der Waals surface area contributed by atoms with Gasteiger partial charge in [0.25, 0.3) is 0 Å². The van der Waals surface area contributed by atoms with Crippen LogP contribution in [0.15, 0.2) is 0 Å². The zero-order valence-corrected chi connectivity index (χ0v) is 12.8. The highest BCUT2D eigenvalue weighted by Gasteiger charge is 2.36. The van der Waals surface area contributed by atoms with Crippen molar-refractivity contribution in [1.29, 1.82) is 0 Å². The maximum absolute atomic E-state index is 11.7. The maximum Gasteiger partial charge on any atom is 0.222 e. The van der Waals surface area contributed by atoms with Gasteiger partial charge < -0.3 is 24.6 Å². The van der Waals surface area contributed by atoms with E-state index >= 15 is 0 Å². The second kappa shape index (κ2) is 8.56. The molecule has 1 rings (SSSR count). The standard InChI is InChI=1S/C14H27NO5/c1-9(2)14(17)15-11-7-13(20-12(11)8-16)19-6-5-18-10(3)4/h9-13,16H,5-8H2,1-4H3,(H,15,17). The highest BCUT2D eigenvalue weighted by molar-refractivity contribution is 5.78. The van der Waals surface area contributed by atoms with Crippen molar-refractivity contribution in [2.45, 2.75) is 58.7 Å². The molecule has 6 nitrogen and oxygen atoms in total. The van der Waals surface area contributed by atoms with Crippen molar-refractivity contribution in [3.8, 4) is 0 Å². The van der Waals surface area contributed by atoms with Gasteiger partial charge in [0, 0.05) is 12.3 Å². The van der Waals surface area contributed by atoms with Gasteiger partial charge in [-0.3, -0.25) is 4.79 Å². The molecule has 118 valence electrons. The minimum absolute atomic E-state index is 0.0409. The van der Waals surface area contributed by atoms with Crippen LogP contribution in [0.3, 0.4) is 0 Å². The van der Waals surface area contributed by atoms with Crippen molar-refractivity contribution in [2.75, 3.05) is 19.8 Å². The summed E-state index contributed by atoms with van der Waals surface area (Å²) in [6.45, 7) is 8.39. The van der Waals surface area contributed by atoms with Crippen LogP contribution in [0, 0.1) is 5.92 Å². The third-order valence-corrected chi connectivity index (χ3v) is 3.09. The van der Waals surface area contributed by atoms with Gasteiger partial charge in [-0.25, -0.2) is 0 Å². The highest BCUT2D eigenvalue weighted by Crippen LogP contribution is 2.21. The average molecular weight is 289 g/mol. The number of hydrogen-bond acceptors (Lipinski definition) is 5. The Morgan fingerprint density at radius 2 is 2.05 bits per heavy atom. The highest BCUT2D eigenvalue weighted by atomic mass is 16.7. The van der Waals surface area contributed by atoms with Gasteiger partial charge in [0.05, 0.1) is 32.0 Å². The summed E-state index contributed by atoms with van der Waals surface area (Å²) in [4.78, 5) is 11.7. The molecule has 0 aromatic rings. The Kier molecular flexibility index (Phi) is 7.43. The molecule has 1 fully saturated rings. The predicted octanol–water partition coefficient (Wildman–Crippen LogP) is 0.676. The molecule has 0 aliphatic carbocycles. The van der Waals surface area contributed by atoms with Crippen LogP contribution in [-0.4, -0.2) is 55.4 Å². The summed E-state index contributed by atoms with van der Waals surface area (Å²) in [5, 5.41) is 12.2. The first-order valence-electron chi connectivity index (χ1n) is 7.24. The minimum atomic E-state index is -0.409. The quantitative estimate of drug-likeness (QED) is 0.642. The van der Waals surface area contributed by atoms with Gasteiger partial charge in [-0.2, -0.15) is 0 Å². The minimum Gasteiger partial charge on any atom is -0.394 e. The van der Waals surface area contributed by atoms with Crippen LogP contribution in [0.25, 0.3) is 0 Å². The maximum atomic E-state index is 11.7. The normalized spacial score (nSPS) is 26.4. The smallest absolute Gasteiger partial charge is 0.222 e. The Hall–Kier alpha value is -0.690. The van der Waals surface area contributed by atoms with Crippen LogP contribution in [0.2, 0.25) is 0 Å². The lowest BCUT2D eigenvalue weighted by Gasteiger charge is -2.18. The number of rotatable bonds is 8. The monoisotopic (exact) mass is 289 g/mol. The molecule has 1 aliphatic heterocycles. The van der Waals surface area contributed by atoms with E-state index in [2.05, 4.69) is 5.32 Å². The van der Waals surface area contributed by atoms with E-state index in [9.17, 15) is 9.90 Å². The van der Waals surface area contributed by atoms with Crippen LogP contribution in [0.5, 0.6) is 0 Å². The summed E-state index contributed by atoms with van der Waals surface area (Å²) in [5.74, 6) is -0.130. The molecule has 0 bridgehead atoms. The SMILES string of the molecule is CC(C)OCCOC1CC(NC(=O)C(C)C)C(CO)O1. The fourth-order valence-electron chi connectivity index (χ4n) is 1.95. The van der Waals surface area contributed by atoms with E-state index in [0.717, 1.165) is 0 Å². The number of aliphatic hydroxyl groups is 1. The molecule has 1 amide bonds. The molecule has 0 aromatic carbocycles. The summed E-state index contributed by atoms with van der Waals surface area (Å²) >= 11 is 0. The van der Waals surface area contributed by atoms with Crippen LogP contribution < -0.4 is 5.32 Å². The molecule has 1 saturated heterocycles. The van der Waals surface area contributed by atoms with E-state index in [0.29, 0.717) is 19.6 Å². The van der Waals surface area contributed by atoms with Gasteiger partial charge in [0.1, 0.15) is 6.10 Å². The van der Waals surface area contributed by atoms with E-state index < -0.39 is 12.4 Å². The molecular formula is C14H27NO5. The lowest BCUT2D eigenvalue weighted by atomic mass is 10.1. The summed E-state index contributed by atoms with van der Waals surface area (Å²) in [6, 6.07) is -0.203. The number of carbonyl (C=O) groups excluding carboxylic acids is 1. The Morgan fingerprint density at radius 3 is 2.60 bits per heavy atom. The molecule has 6 heteroatoms. The molecule has 0 saturated carbocycles. The molecule has 2 N–H and O–H groups in total. The van der Waals surface area contributed by atoms with E-state index in [1.165, 1.54) is 0 Å². The van der Waals surface area contributed by atoms with Crippen molar-refractivity contribution in [3.05, 3.63) is 0 Å². The number of ether oxygens (including phenoxy) is 3. The number of nitrogens with one attached hydrogen (secondary N) is 1. The average Bonchev–Trinajstić information content (AvgIpc) is 2.76. The Morgan fingerprint density at radius 1 is 1.35 bits per heavy atom. The van der Waals surface area contributed by atoms with Crippen LogP contribution >= 0.6 is 0 Å². The predicted molar refractivity (Wildman–Crippen MR) is 74.2 cm³/mol.